The number of nitrogens with one attached hydrogen (secondary N) is 4. The summed E-state index contributed by atoms with van der Waals surface area (Å²) in [4.78, 5) is 16.8. The largest absolute Gasteiger partial charge is 0.382 e. The zero-order valence-electron chi connectivity index (χ0n) is 16.7. The van der Waals surface area contributed by atoms with Crippen molar-refractivity contribution in [3.8, 4) is 0 Å². The molecule has 0 radical (unpaired) electrons. The number of H-pyrrole nitrogens is 1. The molecule has 0 spiro atoms. The maximum atomic E-state index is 13.2. The first-order chi connectivity index (χ1) is 15.1. The number of para-hydroxylation sites is 1. The zero-order valence-corrected chi connectivity index (χ0v) is 16.7. The van der Waals surface area contributed by atoms with E-state index in [1.165, 1.54) is 19.2 Å². The SMILES string of the molecule is COCC(NC(=O)Nc1cc2[nH]nc(Nc3ccccc3)c2cn1)c1ccc(F)cc1. The lowest BCUT2D eigenvalue weighted by Crippen LogP contribution is -2.35. The van der Waals surface area contributed by atoms with Crippen LogP contribution in [0, 0.1) is 5.82 Å². The number of aromatic nitrogens is 3. The van der Waals surface area contributed by atoms with Gasteiger partial charge in [0.1, 0.15) is 11.6 Å². The Labute approximate surface area is 177 Å². The van der Waals surface area contributed by atoms with E-state index in [0.717, 1.165) is 22.2 Å². The van der Waals surface area contributed by atoms with Gasteiger partial charge >= 0.3 is 6.03 Å². The summed E-state index contributed by atoms with van der Waals surface area (Å²) in [5.41, 5.74) is 2.35. The van der Waals surface area contributed by atoms with Crippen molar-refractivity contribution >= 4 is 34.3 Å². The van der Waals surface area contributed by atoms with Crippen LogP contribution >= 0.6 is 0 Å². The van der Waals surface area contributed by atoms with Gasteiger partial charge in [-0.05, 0) is 29.8 Å². The third-order valence-corrected chi connectivity index (χ3v) is 4.64. The smallest absolute Gasteiger partial charge is 0.320 e. The third kappa shape index (κ3) is 4.96. The summed E-state index contributed by atoms with van der Waals surface area (Å²) in [6, 6.07) is 16.4. The van der Waals surface area contributed by atoms with Crippen molar-refractivity contribution in [1.29, 1.82) is 0 Å². The standard InChI is InChI=1S/C22H21FN6O2/c1-31-13-19(14-7-9-15(23)10-8-14)26-22(30)27-20-11-18-17(12-24-20)21(29-28-18)25-16-5-3-2-4-6-16/h2-12,19H,13H2,1H3,(H2,25,28,29)(H2,24,26,27,30). The van der Waals surface area contributed by atoms with Crippen LogP contribution in [0.5, 0.6) is 0 Å². The molecule has 0 bridgehead atoms. The van der Waals surface area contributed by atoms with Crippen LogP contribution in [-0.2, 0) is 4.74 Å². The highest BCUT2D eigenvalue weighted by Crippen LogP contribution is 2.24. The number of halogens is 1. The second-order valence-electron chi connectivity index (χ2n) is 6.84. The molecule has 0 aliphatic carbocycles. The Bertz CT molecular complexity index is 1160. The first-order valence-corrected chi connectivity index (χ1v) is 9.60. The molecule has 4 rings (SSSR count). The van der Waals surface area contributed by atoms with Gasteiger partial charge in [-0.15, -0.1) is 0 Å². The third-order valence-electron chi connectivity index (χ3n) is 4.64. The minimum atomic E-state index is -0.458. The Morgan fingerprint density at radius 2 is 1.94 bits per heavy atom. The van der Waals surface area contributed by atoms with Crippen molar-refractivity contribution in [2.75, 3.05) is 24.4 Å². The number of carbonyl (C=O) groups is 1. The Morgan fingerprint density at radius 1 is 1.16 bits per heavy atom. The maximum absolute atomic E-state index is 13.2. The van der Waals surface area contributed by atoms with Gasteiger partial charge in [0.25, 0.3) is 0 Å². The number of pyridine rings is 1. The second-order valence-corrected chi connectivity index (χ2v) is 6.84. The number of anilines is 3. The number of urea groups is 1. The summed E-state index contributed by atoms with van der Waals surface area (Å²) in [7, 11) is 1.53. The van der Waals surface area contributed by atoms with Crippen molar-refractivity contribution in [3.63, 3.8) is 0 Å². The summed E-state index contributed by atoms with van der Waals surface area (Å²) >= 11 is 0. The second kappa shape index (κ2) is 9.23. The number of hydrogen-bond acceptors (Lipinski definition) is 5. The molecule has 158 valence electrons. The van der Waals surface area contributed by atoms with Crippen LogP contribution < -0.4 is 16.0 Å². The molecule has 2 aromatic heterocycles. The summed E-state index contributed by atoms with van der Waals surface area (Å²) in [5, 5.41) is 16.7. The van der Waals surface area contributed by atoms with E-state index in [2.05, 4.69) is 31.1 Å². The van der Waals surface area contributed by atoms with Crippen LogP contribution in [-0.4, -0.2) is 34.9 Å². The average molecular weight is 420 g/mol. The highest BCUT2D eigenvalue weighted by molar-refractivity contribution is 5.95. The molecule has 0 fully saturated rings. The van der Waals surface area contributed by atoms with Gasteiger partial charge in [0.05, 0.1) is 23.6 Å². The van der Waals surface area contributed by atoms with Gasteiger partial charge < -0.3 is 15.4 Å². The van der Waals surface area contributed by atoms with Crippen LogP contribution in [0.15, 0.2) is 66.9 Å². The molecule has 0 aliphatic rings. The predicted molar refractivity (Wildman–Crippen MR) is 117 cm³/mol. The fraction of sp³-hybridized carbons (Fsp3) is 0.136. The van der Waals surface area contributed by atoms with Crippen LogP contribution in [0.2, 0.25) is 0 Å². The van der Waals surface area contributed by atoms with Crippen LogP contribution in [0.1, 0.15) is 11.6 Å². The first kappa shape index (κ1) is 20.3. The Kier molecular flexibility index (Phi) is 6.04. The number of carbonyl (C=O) groups excluding carboxylic acids is 1. The van der Waals surface area contributed by atoms with E-state index in [1.54, 1.807) is 24.4 Å². The van der Waals surface area contributed by atoms with E-state index in [1.807, 2.05) is 30.3 Å². The van der Waals surface area contributed by atoms with Crippen LogP contribution in [0.25, 0.3) is 10.9 Å². The van der Waals surface area contributed by atoms with E-state index in [0.29, 0.717) is 11.6 Å². The maximum Gasteiger partial charge on any atom is 0.320 e. The number of ether oxygens (including phenoxy) is 1. The Balaban J connectivity index is 1.45. The minimum Gasteiger partial charge on any atom is -0.382 e. The number of amides is 2. The lowest BCUT2D eigenvalue weighted by atomic mass is 10.1. The molecule has 2 heterocycles. The van der Waals surface area contributed by atoms with Crippen LogP contribution in [0.4, 0.5) is 26.5 Å². The summed E-state index contributed by atoms with van der Waals surface area (Å²) in [6.07, 6.45) is 1.63. The van der Waals surface area contributed by atoms with Gasteiger partial charge in [-0.3, -0.25) is 10.4 Å². The molecular formula is C22H21FN6O2. The van der Waals surface area contributed by atoms with Crippen molar-refractivity contribution in [1.82, 2.24) is 20.5 Å². The van der Waals surface area contributed by atoms with E-state index in [4.69, 9.17) is 4.74 Å². The molecule has 2 aromatic carbocycles. The highest BCUT2D eigenvalue weighted by Gasteiger charge is 2.16. The average Bonchev–Trinajstić information content (AvgIpc) is 3.16. The number of methoxy groups -OCH3 is 1. The van der Waals surface area contributed by atoms with Crippen LogP contribution in [0.3, 0.4) is 0 Å². The molecule has 31 heavy (non-hydrogen) atoms. The lowest BCUT2D eigenvalue weighted by Gasteiger charge is -2.18. The van der Waals surface area contributed by atoms with E-state index < -0.39 is 12.1 Å². The Hall–Kier alpha value is -3.98. The van der Waals surface area contributed by atoms with Gasteiger partial charge in [0.2, 0.25) is 0 Å². The van der Waals surface area contributed by atoms with Crippen molar-refractivity contribution in [2.45, 2.75) is 6.04 Å². The zero-order chi connectivity index (χ0) is 21.6. The molecule has 0 saturated carbocycles. The van der Waals surface area contributed by atoms with Gasteiger partial charge in [0, 0.05) is 25.1 Å². The quantitative estimate of drug-likeness (QED) is 0.356. The van der Waals surface area contributed by atoms with Crippen molar-refractivity contribution < 1.29 is 13.9 Å². The molecule has 9 heteroatoms. The molecule has 1 atom stereocenters. The lowest BCUT2D eigenvalue weighted by molar-refractivity contribution is 0.168. The summed E-state index contributed by atoms with van der Waals surface area (Å²) in [5.74, 6) is 0.652. The molecule has 0 aliphatic heterocycles. The molecule has 2 amide bonds. The fourth-order valence-electron chi connectivity index (χ4n) is 3.13. The molecule has 4 N–H and O–H groups in total. The van der Waals surface area contributed by atoms with Gasteiger partial charge in [-0.1, -0.05) is 30.3 Å². The molecule has 1 unspecified atom stereocenters. The number of benzene rings is 2. The number of aromatic amines is 1. The van der Waals surface area contributed by atoms with E-state index in [-0.39, 0.29) is 12.4 Å². The first-order valence-electron chi connectivity index (χ1n) is 9.60. The monoisotopic (exact) mass is 420 g/mol. The van der Waals surface area contributed by atoms with Gasteiger partial charge in [-0.2, -0.15) is 5.10 Å². The molecule has 8 nitrogen and oxygen atoms in total. The van der Waals surface area contributed by atoms with E-state index >= 15 is 0 Å². The van der Waals surface area contributed by atoms with Gasteiger partial charge in [-0.25, -0.2) is 14.2 Å². The molecule has 4 aromatic rings. The van der Waals surface area contributed by atoms with E-state index in [9.17, 15) is 9.18 Å². The topological polar surface area (TPSA) is 104 Å². The highest BCUT2D eigenvalue weighted by atomic mass is 19.1. The predicted octanol–water partition coefficient (Wildman–Crippen LogP) is 4.35. The summed E-state index contributed by atoms with van der Waals surface area (Å²) in [6.45, 7) is 0.237. The number of hydrogen-bond donors (Lipinski definition) is 4. The Morgan fingerprint density at radius 3 is 2.68 bits per heavy atom. The number of rotatable bonds is 7. The minimum absolute atomic E-state index is 0.237. The van der Waals surface area contributed by atoms with Crippen molar-refractivity contribution in [3.05, 3.63) is 78.2 Å². The normalized spacial score (nSPS) is 11.8. The molecular weight excluding hydrogens is 399 g/mol. The summed E-state index contributed by atoms with van der Waals surface area (Å²) < 4.78 is 18.4. The number of fused-ring (bicyclic) bond motifs is 1. The molecule has 0 saturated heterocycles. The van der Waals surface area contributed by atoms with Crippen molar-refractivity contribution in [2.24, 2.45) is 0 Å². The number of nitrogens with zero attached hydrogens (tertiary/aromatic N) is 2. The fourth-order valence-corrected chi connectivity index (χ4v) is 3.13. The van der Waals surface area contributed by atoms with Gasteiger partial charge in [0.15, 0.2) is 5.82 Å².